The van der Waals surface area contributed by atoms with Crippen LogP contribution in [-0.2, 0) is 10.0 Å². The zero-order chi connectivity index (χ0) is 20.9. The van der Waals surface area contributed by atoms with Gasteiger partial charge < -0.3 is 5.32 Å². The Bertz CT molecular complexity index is 1080. The molecule has 0 saturated carbocycles. The molecular weight excluding hydrogens is 404 g/mol. The number of amides is 1. The van der Waals surface area contributed by atoms with E-state index in [1.165, 1.54) is 28.6 Å². The van der Waals surface area contributed by atoms with Crippen molar-refractivity contribution in [3.05, 3.63) is 84.4 Å². The average molecular weight is 427 g/mol. The van der Waals surface area contributed by atoms with Gasteiger partial charge in [-0.1, -0.05) is 24.3 Å². The number of carbonyl (C=O) groups is 1. The molecule has 0 spiro atoms. The number of nitrogens with zero attached hydrogens (tertiary/aromatic N) is 1. The molecule has 0 unspecified atom stereocenters. The highest BCUT2D eigenvalue weighted by Crippen LogP contribution is 2.24. The van der Waals surface area contributed by atoms with Gasteiger partial charge in [-0.3, -0.25) is 9.10 Å². The molecule has 0 aliphatic carbocycles. The fourth-order valence-electron chi connectivity index (χ4n) is 2.90. The average Bonchev–Trinajstić information content (AvgIpc) is 2.75. The van der Waals surface area contributed by atoms with Crippen molar-refractivity contribution in [2.75, 3.05) is 22.4 Å². The number of sulfonamides is 1. The monoisotopic (exact) mass is 426 g/mol. The maximum absolute atomic E-state index is 13.0. The number of nitrogens with one attached hydrogen (secondary N) is 1. The van der Waals surface area contributed by atoms with Crippen molar-refractivity contribution in [2.24, 2.45) is 0 Å². The van der Waals surface area contributed by atoms with Crippen LogP contribution in [0.5, 0.6) is 0 Å². The Morgan fingerprint density at radius 2 is 1.66 bits per heavy atom. The number of rotatable bonds is 7. The Labute approximate surface area is 175 Å². The normalized spacial score (nSPS) is 11.1. The van der Waals surface area contributed by atoms with Crippen LogP contribution < -0.4 is 9.62 Å². The molecule has 0 radical (unpaired) electrons. The van der Waals surface area contributed by atoms with Gasteiger partial charge in [0.25, 0.3) is 15.9 Å². The summed E-state index contributed by atoms with van der Waals surface area (Å²) in [7, 11) is -3.72. The Hall–Kier alpha value is -2.77. The first kappa shape index (κ1) is 21.0. The van der Waals surface area contributed by atoms with E-state index in [1.807, 2.05) is 36.6 Å². The molecule has 3 rings (SSSR count). The largest absolute Gasteiger partial charge is 0.322 e. The molecule has 0 saturated heterocycles. The second-order valence-corrected chi connectivity index (χ2v) is 8.96. The summed E-state index contributed by atoms with van der Waals surface area (Å²) in [5.41, 5.74) is 1.69. The Morgan fingerprint density at radius 3 is 2.28 bits per heavy atom. The minimum Gasteiger partial charge on any atom is -0.322 e. The van der Waals surface area contributed by atoms with Gasteiger partial charge in [-0.05, 0) is 67.8 Å². The zero-order valence-corrected chi connectivity index (χ0v) is 17.8. The molecule has 7 heteroatoms. The molecule has 1 amide bonds. The lowest BCUT2D eigenvalue weighted by Gasteiger charge is -2.23. The van der Waals surface area contributed by atoms with Crippen LogP contribution in [-0.4, -0.2) is 27.1 Å². The van der Waals surface area contributed by atoms with Gasteiger partial charge in [0.2, 0.25) is 0 Å². The molecule has 150 valence electrons. The van der Waals surface area contributed by atoms with Crippen LogP contribution in [0, 0.1) is 0 Å². The van der Waals surface area contributed by atoms with E-state index in [0.717, 1.165) is 4.90 Å². The van der Waals surface area contributed by atoms with Gasteiger partial charge in [-0.15, -0.1) is 11.8 Å². The lowest BCUT2D eigenvalue weighted by Crippen LogP contribution is -2.30. The van der Waals surface area contributed by atoms with Crippen molar-refractivity contribution < 1.29 is 13.2 Å². The number of carbonyl (C=O) groups excluding carboxylic acids is 1. The van der Waals surface area contributed by atoms with Crippen molar-refractivity contribution in [1.82, 2.24) is 0 Å². The van der Waals surface area contributed by atoms with Crippen molar-refractivity contribution in [3.8, 4) is 0 Å². The number of hydrogen-bond donors (Lipinski definition) is 1. The highest BCUT2D eigenvalue weighted by atomic mass is 32.2. The number of thioether (sulfide) groups is 1. The third kappa shape index (κ3) is 4.81. The number of para-hydroxylation sites is 1. The summed E-state index contributed by atoms with van der Waals surface area (Å²) in [5, 5.41) is 2.84. The first-order valence-electron chi connectivity index (χ1n) is 9.09. The van der Waals surface area contributed by atoms with E-state index in [9.17, 15) is 13.2 Å². The smallest absolute Gasteiger partial charge is 0.264 e. The Morgan fingerprint density at radius 1 is 0.966 bits per heavy atom. The third-order valence-corrected chi connectivity index (χ3v) is 7.01. The van der Waals surface area contributed by atoms with Crippen LogP contribution in [0.3, 0.4) is 0 Å². The summed E-state index contributed by atoms with van der Waals surface area (Å²) in [4.78, 5) is 13.7. The SMILES string of the molecule is CCN(c1ccccc1)S(=O)(=O)c1ccc(C(=O)Nc2cccc(SC)c2)cc1. The van der Waals surface area contributed by atoms with E-state index in [-0.39, 0.29) is 10.8 Å². The fraction of sp³-hybridized carbons (Fsp3) is 0.136. The zero-order valence-electron chi connectivity index (χ0n) is 16.2. The van der Waals surface area contributed by atoms with Gasteiger partial charge in [-0.25, -0.2) is 8.42 Å². The maximum Gasteiger partial charge on any atom is 0.264 e. The van der Waals surface area contributed by atoms with Crippen molar-refractivity contribution in [2.45, 2.75) is 16.7 Å². The fourth-order valence-corrected chi connectivity index (χ4v) is 4.83. The molecule has 29 heavy (non-hydrogen) atoms. The van der Waals surface area contributed by atoms with Crippen LogP contribution in [0.2, 0.25) is 0 Å². The lowest BCUT2D eigenvalue weighted by molar-refractivity contribution is 0.102. The van der Waals surface area contributed by atoms with Crippen LogP contribution in [0.4, 0.5) is 11.4 Å². The predicted octanol–water partition coefficient (Wildman–Crippen LogP) is 4.88. The standard InChI is InChI=1S/C22H22N2O3S2/c1-3-24(19-9-5-4-6-10-19)29(26,27)21-14-12-17(13-15-21)22(25)23-18-8-7-11-20(16-18)28-2/h4-16H,3H2,1-2H3,(H,23,25). The van der Waals surface area contributed by atoms with Crippen LogP contribution >= 0.6 is 11.8 Å². The summed E-state index contributed by atoms with van der Waals surface area (Å²) in [6.07, 6.45) is 1.97. The van der Waals surface area contributed by atoms with Crippen molar-refractivity contribution in [1.29, 1.82) is 0 Å². The molecule has 3 aromatic carbocycles. The Kier molecular flexibility index (Phi) is 6.61. The Balaban J connectivity index is 1.80. The third-order valence-electron chi connectivity index (χ3n) is 4.36. The van der Waals surface area contributed by atoms with Gasteiger partial charge in [0.15, 0.2) is 0 Å². The van der Waals surface area contributed by atoms with Crippen LogP contribution in [0.15, 0.2) is 88.7 Å². The molecule has 5 nitrogen and oxygen atoms in total. The summed E-state index contributed by atoms with van der Waals surface area (Å²) in [5.74, 6) is -0.289. The molecule has 0 heterocycles. The van der Waals surface area contributed by atoms with Crippen molar-refractivity contribution in [3.63, 3.8) is 0 Å². The molecule has 0 aliphatic rings. The van der Waals surface area contributed by atoms with E-state index >= 15 is 0 Å². The van der Waals surface area contributed by atoms with Crippen LogP contribution in [0.1, 0.15) is 17.3 Å². The van der Waals surface area contributed by atoms with Gasteiger partial charge in [0.05, 0.1) is 10.6 Å². The predicted molar refractivity (Wildman–Crippen MR) is 119 cm³/mol. The lowest BCUT2D eigenvalue weighted by atomic mass is 10.2. The second-order valence-electron chi connectivity index (χ2n) is 6.22. The first-order valence-corrected chi connectivity index (χ1v) is 11.8. The molecular formula is C22H22N2O3S2. The molecule has 1 N–H and O–H groups in total. The minimum atomic E-state index is -3.72. The molecule has 0 fully saturated rings. The van der Waals surface area contributed by atoms with E-state index in [2.05, 4.69) is 5.32 Å². The van der Waals surface area contributed by atoms with E-state index in [1.54, 1.807) is 43.0 Å². The molecule has 0 bridgehead atoms. The number of hydrogen-bond acceptors (Lipinski definition) is 4. The molecule has 0 aliphatic heterocycles. The minimum absolute atomic E-state index is 0.143. The number of anilines is 2. The summed E-state index contributed by atoms with van der Waals surface area (Å²) in [6.45, 7) is 2.09. The first-order chi connectivity index (χ1) is 14.0. The van der Waals surface area contributed by atoms with E-state index in [0.29, 0.717) is 23.5 Å². The van der Waals surface area contributed by atoms with Crippen molar-refractivity contribution >= 4 is 39.1 Å². The van der Waals surface area contributed by atoms with Crippen LogP contribution in [0.25, 0.3) is 0 Å². The summed E-state index contributed by atoms with van der Waals surface area (Å²) in [6, 6.07) is 22.5. The quantitative estimate of drug-likeness (QED) is 0.547. The van der Waals surface area contributed by atoms with Gasteiger partial charge >= 0.3 is 0 Å². The number of benzene rings is 3. The van der Waals surface area contributed by atoms with Gasteiger partial charge in [0.1, 0.15) is 0 Å². The molecule has 0 aromatic heterocycles. The summed E-state index contributed by atoms with van der Waals surface area (Å²) >= 11 is 1.59. The second kappa shape index (κ2) is 9.15. The maximum atomic E-state index is 13.0. The van der Waals surface area contributed by atoms with Gasteiger partial charge in [-0.2, -0.15) is 0 Å². The molecule has 0 atom stereocenters. The highest BCUT2D eigenvalue weighted by molar-refractivity contribution is 7.98. The topological polar surface area (TPSA) is 66.5 Å². The van der Waals surface area contributed by atoms with E-state index < -0.39 is 10.0 Å². The highest BCUT2D eigenvalue weighted by Gasteiger charge is 2.23. The molecule has 3 aromatic rings. The summed E-state index contributed by atoms with van der Waals surface area (Å²) < 4.78 is 27.4. The van der Waals surface area contributed by atoms with E-state index in [4.69, 9.17) is 0 Å². The van der Waals surface area contributed by atoms with Gasteiger partial charge in [0, 0.05) is 22.7 Å².